The van der Waals surface area contributed by atoms with Gasteiger partial charge in [0.05, 0.1) is 6.04 Å². The lowest BCUT2D eigenvalue weighted by Gasteiger charge is -2.23. The molecule has 1 aromatic heterocycles. The Bertz CT molecular complexity index is 846. The van der Waals surface area contributed by atoms with E-state index in [2.05, 4.69) is 26.1 Å². The van der Waals surface area contributed by atoms with E-state index in [1.54, 1.807) is 18.2 Å². The van der Waals surface area contributed by atoms with E-state index in [0.29, 0.717) is 10.1 Å². The topological polar surface area (TPSA) is 96.0 Å². The summed E-state index contributed by atoms with van der Waals surface area (Å²) in [5.74, 6) is -0.739. The largest absolute Gasteiger partial charge is 0.349 e. The minimum absolute atomic E-state index is 0.0506. The number of aromatic nitrogens is 2. The number of amides is 2. The number of carbonyl (C=O) groups is 2. The van der Waals surface area contributed by atoms with Gasteiger partial charge in [0, 0.05) is 17.7 Å². The van der Waals surface area contributed by atoms with Crippen LogP contribution in [-0.4, -0.2) is 40.6 Å². The zero-order valence-corrected chi connectivity index (χ0v) is 16.3. The lowest BCUT2D eigenvalue weighted by molar-refractivity contribution is -0.124. The van der Waals surface area contributed by atoms with Crippen molar-refractivity contribution in [2.75, 3.05) is 11.9 Å². The van der Waals surface area contributed by atoms with Crippen molar-refractivity contribution >= 4 is 28.3 Å². The summed E-state index contributed by atoms with van der Waals surface area (Å²) >= 11 is 1.20. The second-order valence-electron chi connectivity index (χ2n) is 6.57. The predicted molar refractivity (Wildman–Crippen MR) is 106 cm³/mol. The summed E-state index contributed by atoms with van der Waals surface area (Å²) in [4.78, 5) is 24.2. The molecule has 3 rings (SSSR count). The summed E-state index contributed by atoms with van der Waals surface area (Å²) < 4.78 is 13.0. The fraction of sp³-hybridized carbons (Fsp3) is 0.368. The van der Waals surface area contributed by atoms with Gasteiger partial charge in [0.2, 0.25) is 16.9 Å². The first-order chi connectivity index (χ1) is 13.5. The van der Waals surface area contributed by atoms with Crippen molar-refractivity contribution in [3.8, 4) is 10.6 Å². The maximum Gasteiger partial charge on any atom is 0.249 e. The van der Waals surface area contributed by atoms with Gasteiger partial charge >= 0.3 is 0 Å². The summed E-state index contributed by atoms with van der Waals surface area (Å²) in [6.45, 7) is 2.66. The van der Waals surface area contributed by atoms with Crippen LogP contribution in [0.5, 0.6) is 0 Å². The van der Waals surface area contributed by atoms with Crippen molar-refractivity contribution in [1.29, 1.82) is 0 Å². The maximum atomic E-state index is 13.0. The predicted octanol–water partition coefficient (Wildman–Crippen LogP) is 2.49. The van der Waals surface area contributed by atoms with Crippen LogP contribution in [0.4, 0.5) is 9.52 Å². The van der Waals surface area contributed by atoms with E-state index in [4.69, 9.17) is 0 Å². The zero-order valence-electron chi connectivity index (χ0n) is 15.4. The number of hydrogen-bond acceptors (Lipinski definition) is 6. The number of anilines is 1. The smallest absolute Gasteiger partial charge is 0.249 e. The van der Waals surface area contributed by atoms with Crippen molar-refractivity contribution < 1.29 is 14.0 Å². The number of nitrogens with zero attached hydrogens (tertiary/aromatic N) is 2. The van der Waals surface area contributed by atoms with E-state index in [9.17, 15) is 14.0 Å². The van der Waals surface area contributed by atoms with Gasteiger partial charge in [-0.3, -0.25) is 14.9 Å². The highest BCUT2D eigenvalue weighted by Crippen LogP contribution is 2.26. The van der Waals surface area contributed by atoms with Gasteiger partial charge in [0.15, 0.2) is 0 Å². The normalized spacial score (nSPS) is 18.0. The molecule has 2 unspecified atom stereocenters. The molecule has 148 valence electrons. The van der Waals surface area contributed by atoms with Gasteiger partial charge in [-0.05, 0) is 50.6 Å². The molecule has 0 aliphatic carbocycles. The van der Waals surface area contributed by atoms with Crippen molar-refractivity contribution in [2.24, 2.45) is 0 Å². The van der Waals surface area contributed by atoms with Crippen LogP contribution in [0.3, 0.4) is 0 Å². The molecule has 2 atom stereocenters. The second-order valence-corrected chi connectivity index (χ2v) is 7.54. The molecular formula is C19H22FN5O2S. The van der Waals surface area contributed by atoms with Crippen molar-refractivity contribution in [3.05, 3.63) is 42.2 Å². The second kappa shape index (κ2) is 9.52. The summed E-state index contributed by atoms with van der Waals surface area (Å²) in [5.41, 5.74) is 0.725. The molecular weight excluding hydrogens is 381 g/mol. The van der Waals surface area contributed by atoms with Crippen LogP contribution in [-0.2, 0) is 9.59 Å². The summed E-state index contributed by atoms with van der Waals surface area (Å²) in [6, 6.07) is 5.46. The molecule has 1 aliphatic rings. The summed E-state index contributed by atoms with van der Waals surface area (Å²) in [5, 5.41) is 17.5. The standard InChI is InChI=1S/C19H22FN5O2S/c1-12(22-17(27)15-4-2-3-11-21-15)5-10-16(26)23-19-25-24-18(28-19)13-6-8-14(20)9-7-13/h5-10,12,15,21H,2-4,11H2,1H3,(H,22,27)(H,23,25,26). The molecule has 0 saturated carbocycles. The third-order valence-electron chi connectivity index (χ3n) is 4.28. The molecule has 0 bridgehead atoms. The van der Waals surface area contributed by atoms with Gasteiger partial charge < -0.3 is 10.6 Å². The molecule has 2 amide bonds. The molecule has 28 heavy (non-hydrogen) atoms. The van der Waals surface area contributed by atoms with Gasteiger partial charge in [0.25, 0.3) is 0 Å². The molecule has 1 saturated heterocycles. The lowest BCUT2D eigenvalue weighted by atomic mass is 10.0. The quantitative estimate of drug-likeness (QED) is 0.644. The highest BCUT2D eigenvalue weighted by atomic mass is 32.1. The Balaban J connectivity index is 1.49. The van der Waals surface area contributed by atoms with Gasteiger partial charge in [-0.25, -0.2) is 4.39 Å². The summed E-state index contributed by atoms with van der Waals surface area (Å²) in [6.07, 6.45) is 5.94. The minimum Gasteiger partial charge on any atom is -0.349 e. The number of nitrogens with one attached hydrogen (secondary N) is 3. The number of piperidine rings is 1. The monoisotopic (exact) mass is 403 g/mol. The van der Waals surface area contributed by atoms with E-state index in [1.165, 1.54) is 29.5 Å². The lowest BCUT2D eigenvalue weighted by Crippen LogP contribution is -2.48. The number of carbonyl (C=O) groups excluding carboxylic acids is 2. The van der Waals surface area contributed by atoms with Crippen LogP contribution in [0.25, 0.3) is 10.6 Å². The molecule has 9 heteroatoms. The van der Waals surface area contributed by atoms with Crippen LogP contribution in [0.2, 0.25) is 0 Å². The molecule has 2 heterocycles. The van der Waals surface area contributed by atoms with E-state index < -0.39 is 0 Å². The first-order valence-corrected chi connectivity index (χ1v) is 9.95. The molecule has 0 spiro atoms. The molecule has 7 nitrogen and oxygen atoms in total. The molecule has 1 fully saturated rings. The molecule has 1 aliphatic heterocycles. The fourth-order valence-corrected chi connectivity index (χ4v) is 3.56. The first kappa shape index (κ1) is 20.1. The molecule has 3 N–H and O–H groups in total. The maximum absolute atomic E-state index is 13.0. The molecule has 1 aromatic carbocycles. The third kappa shape index (κ3) is 5.67. The van der Waals surface area contributed by atoms with E-state index in [-0.39, 0.29) is 29.7 Å². The SMILES string of the molecule is CC(C=CC(=O)Nc1nnc(-c2ccc(F)cc2)s1)NC(=O)C1CCCCN1. The Morgan fingerprint density at radius 3 is 2.79 bits per heavy atom. The average molecular weight is 403 g/mol. The van der Waals surface area contributed by atoms with E-state index in [1.807, 2.05) is 6.92 Å². The van der Waals surface area contributed by atoms with E-state index in [0.717, 1.165) is 31.4 Å². The van der Waals surface area contributed by atoms with E-state index >= 15 is 0 Å². The van der Waals surface area contributed by atoms with Crippen LogP contribution in [0.1, 0.15) is 26.2 Å². The average Bonchev–Trinajstić information content (AvgIpc) is 3.16. The van der Waals surface area contributed by atoms with Crippen molar-refractivity contribution in [2.45, 2.75) is 38.3 Å². The van der Waals surface area contributed by atoms with Gasteiger partial charge in [-0.2, -0.15) is 0 Å². The number of benzene rings is 1. The Hall–Kier alpha value is -2.65. The third-order valence-corrected chi connectivity index (χ3v) is 5.17. The Kier molecular flexibility index (Phi) is 6.83. The fourth-order valence-electron chi connectivity index (χ4n) is 2.81. The van der Waals surface area contributed by atoms with Crippen LogP contribution in [0, 0.1) is 5.82 Å². The Morgan fingerprint density at radius 1 is 1.29 bits per heavy atom. The summed E-state index contributed by atoms with van der Waals surface area (Å²) in [7, 11) is 0. The van der Waals surface area contributed by atoms with Crippen molar-refractivity contribution in [1.82, 2.24) is 20.8 Å². The van der Waals surface area contributed by atoms with Crippen LogP contribution in [0.15, 0.2) is 36.4 Å². The Morgan fingerprint density at radius 2 is 2.07 bits per heavy atom. The first-order valence-electron chi connectivity index (χ1n) is 9.13. The number of rotatable bonds is 6. The number of halogens is 1. The molecule has 2 aromatic rings. The zero-order chi connectivity index (χ0) is 19.9. The molecule has 0 radical (unpaired) electrons. The van der Waals surface area contributed by atoms with Gasteiger partial charge in [-0.15, -0.1) is 10.2 Å². The highest BCUT2D eigenvalue weighted by Gasteiger charge is 2.21. The highest BCUT2D eigenvalue weighted by molar-refractivity contribution is 7.18. The van der Waals surface area contributed by atoms with Crippen LogP contribution >= 0.6 is 11.3 Å². The van der Waals surface area contributed by atoms with Gasteiger partial charge in [-0.1, -0.05) is 23.8 Å². The minimum atomic E-state index is -0.362. The van der Waals surface area contributed by atoms with Crippen molar-refractivity contribution in [3.63, 3.8) is 0 Å². The van der Waals surface area contributed by atoms with Crippen LogP contribution < -0.4 is 16.0 Å². The Labute approximate surface area is 166 Å². The number of hydrogen-bond donors (Lipinski definition) is 3. The van der Waals surface area contributed by atoms with Gasteiger partial charge in [0.1, 0.15) is 10.8 Å².